The number of carbonyl (C=O) groups is 2. The van der Waals surface area contributed by atoms with Crippen molar-refractivity contribution in [2.75, 3.05) is 14.2 Å². The van der Waals surface area contributed by atoms with Gasteiger partial charge in [-0.05, 0) is 30.2 Å². The van der Waals surface area contributed by atoms with Gasteiger partial charge in [-0.2, -0.15) is 0 Å². The minimum absolute atomic E-state index is 0.115. The maximum Gasteiger partial charge on any atom is 0.269 e. The predicted octanol–water partition coefficient (Wildman–Crippen LogP) is 2.01. The lowest BCUT2D eigenvalue weighted by atomic mass is 10.1. The Kier molecular flexibility index (Phi) is 6.70. The first-order valence-corrected chi connectivity index (χ1v) is 7.99. The third kappa shape index (κ3) is 5.18. The van der Waals surface area contributed by atoms with Crippen LogP contribution in [0.25, 0.3) is 0 Å². The van der Waals surface area contributed by atoms with E-state index >= 15 is 0 Å². The highest BCUT2D eigenvalue weighted by atomic mass is 16.6. The lowest BCUT2D eigenvalue weighted by molar-refractivity contribution is -0.384. The van der Waals surface area contributed by atoms with Crippen molar-refractivity contribution >= 4 is 17.5 Å². The SMILES string of the molecule is COc1cccc(CCC(=O)NNC(=O)c2ccc([N+](=O)[O-])cc2)c1OC. The first-order valence-electron chi connectivity index (χ1n) is 7.99. The number of nitro benzene ring substituents is 1. The van der Waals surface area contributed by atoms with Crippen molar-refractivity contribution in [1.82, 2.24) is 10.9 Å². The summed E-state index contributed by atoms with van der Waals surface area (Å²) in [7, 11) is 3.05. The molecule has 2 aromatic rings. The van der Waals surface area contributed by atoms with E-state index in [1.807, 2.05) is 6.07 Å². The van der Waals surface area contributed by atoms with Crippen LogP contribution >= 0.6 is 0 Å². The lowest BCUT2D eigenvalue weighted by Crippen LogP contribution is -2.41. The van der Waals surface area contributed by atoms with Crippen LogP contribution in [0.4, 0.5) is 5.69 Å². The van der Waals surface area contributed by atoms with Crippen molar-refractivity contribution in [1.29, 1.82) is 0 Å². The molecule has 0 bridgehead atoms. The number of hydrogen-bond acceptors (Lipinski definition) is 6. The van der Waals surface area contributed by atoms with Crippen molar-refractivity contribution in [3.05, 3.63) is 63.7 Å². The van der Waals surface area contributed by atoms with E-state index in [4.69, 9.17) is 9.47 Å². The third-order valence-electron chi connectivity index (χ3n) is 3.76. The van der Waals surface area contributed by atoms with Crippen LogP contribution in [0, 0.1) is 10.1 Å². The number of ether oxygens (including phenoxy) is 2. The van der Waals surface area contributed by atoms with E-state index < -0.39 is 16.7 Å². The Morgan fingerprint density at radius 1 is 1.04 bits per heavy atom. The number of carbonyl (C=O) groups excluding carboxylic acids is 2. The Morgan fingerprint density at radius 2 is 1.74 bits per heavy atom. The zero-order chi connectivity index (χ0) is 19.8. The number of para-hydroxylation sites is 1. The van der Waals surface area contributed by atoms with Gasteiger partial charge in [0.25, 0.3) is 11.6 Å². The molecule has 0 aliphatic heterocycles. The molecule has 0 radical (unpaired) electrons. The van der Waals surface area contributed by atoms with Gasteiger partial charge in [-0.15, -0.1) is 0 Å². The zero-order valence-electron chi connectivity index (χ0n) is 14.9. The Morgan fingerprint density at radius 3 is 2.33 bits per heavy atom. The van der Waals surface area contributed by atoms with Gasteiger partial charge in [0, 0.05) is 24.1 Å². The van der Waals surface area contributed by atoms with Gasteiger partial charge in [-0.3, -0.25) is 30.6 Å². The monoisotopic (exact) mass is 373 g/mol. The summed E-state index contributed by atoms with van der Waals surface area (Å²) in [4.78, 5) is 34.0. The number of rotatable bonds is 7. The molecule has 0 saturated heterocycles. The van der Waals surface area contributed by atoms with Crippen molar-refractivity contribution in [2.45, 2.75) is 12.8 Å². The van der Waals surface area contributed by atoms with Gasteiger partial charge in [0.15, 0.2) is 11.5 Å². The summed E-state index contributed by atoms with van der Waals surface area (Å²) in [5.74, 6) is 0.164. The molecule has 0 aliphatic rings. The molecule has 0 fully saturated rings. The Bertz CT molecular complexity index is 835. The Labute approximate surface area is 155 Å². The second-order valence-corrected chi connectivity index (χ2v) is 5.46. The van der Waals surface area contributed by atoms with Crippen LogP contribution in [0.3, 0.4) is 0 Å². The second-order valence-electron chi connectivity index (χ2n) is 5.46. The highest BCUT2D eigenvalue weighted by molar-refractivity contribution is 5.95. The normalized spacial score (nSPS) is 10.0. The van der Waals surface area contributed by atoms with E-state index in [1.165, 1.54) is 38.5 Å². The molecule has 0 heterocycles. The molecule has 0 atom stereocenters. The summed E-state index contributed by atoms with van der Waals surface area (Å²) >= 11 is 0. The van der Waals surface area contributed by atoms with E-state index in [2.05, 4.69) is 10.9 Å². The Balaban J connectivity index is 1.87. The molecule has 0 aliphatic carbocycles. The number of hydrazine groups is 1. The number of amides is 2. The van der Waals surface area contributed by atoms with Gasteiger partial charge in [0.1, 0.15) is 0 Å². The molecule has 2 amide bonds. The minimum Gasteiger partial charge on any atom is -0.493 e. The molecule has 142 valence electrons. The van der Waals surface area contributed by atoms with Crippen LogP contribution in [0.2, 0.25) is 0 Å². The van der Waals surface area contributed by atoms with Crippen molar-refractivity contribution in [3.8, 4) is 11.5 Å². The summed E-state index contributed by atoms with van der Waals surface area (Å²) in [5, 5.41) is 10.6. The number of hydrogen-bond donors (Lipinski definition) is 2. The van der Waals surface area contributed by atoms with Crippen LogP contribution in [0.1, 0.15) is 22.3 Å². The van der Waals surface area contributed by atoms with Gasteiger partial charge in [-0.1, -0.05) is 12.1 Å². The van der Waals surface area contributed by atoms with Gasteiger partial charge >= 0.3 is 0 Å². The molecule has 0 spiro atoms. The lowest BCUT2D eigenvalue weighted by Gasteiger charge is -2.12. The molecular formula is C18H19N3O6. The van der Waals surface area contributed by atoms with E-state index in [0.29, 0.717) is 17.9 Å². The van der Waals surface area contributed by atoms with Crippen LogP contribution in [-0.2, 0) is 11.2 Å². The highest BCUT2D eigenvalue weighted by Crippen LogP contribution is 2.31. The fourth-order valence-corrected chi connectivity index (χ4v) is 2.39. The van der Waals surface area contributed by atoms with Crippen LogP contribution < -0.4 is 20.3 Å². The van der Waals surface area contributed by atoms with Crippen molar-refractivity contribution in [2.24, 2.45) is 0 Å². The van der Waals surface area contributed by atoms with Gasteiger partial charge < -0.3 is 9.47 Å². The molecule has 0 unspecified atom stereocenters. The van der Waals surface area contributed by atoms with E-state index in [0.717, 1.165) is 5.56 Å². The van der Waals surface area contributed by atoms with Crippen LogP contribution in [0.5, 0.6) is 11.5 Å². The molecule has 2 rings (SSSR count). The maximum atomic E-state index is 12.0. The molecule has 2 aromatic carbocycles. The topological polar surface area (TPSA) is 120 Å². The molecule has 9 heteroatoms. The largest absolute Gasteiger partial charge is 0.493 e. The summed E-state index contributed by atoms with van der Waals surface area (Å²) in [5.41, 5.74) is 5.45. The average molecular weight is 373 g/mol. The van der Waals surface area contributed by atoms with Crippen molar-refractivity contribution in [3.63, 3.8) is 0 Å². The average Bonchev–Trinajstić information content (AvgIpc) is 2.69. The summed E-state index contributed by atoms with van der Waals surface area (Å²) in [6.07, 6.45) is 0.504. The minimum atomic E-state index is -0.572. The molecule has 27 heavy (non-hydrogen) atoms. The second kappa shape index (κ2) is 9.18. The number of methoxy groups -OCH3 is 2. The fraction of sp³-hybridized carbons (Fsp3) is 0.222. The number of nitrogens with zero attached hydrogens (tertiary/aromatic N) is 1. The standard InChI is InChI=1S/C18H19N3O6/c1-26-15-5-3-4-12(17(15)27-2)8-11-16(22)19-20-18(23)13-6-9-14(10-7-13)21(24)25/h3-7,9-10H,8,11H2,1-2H3,(H,19,22)(H,20,23). The van der Waals surface area contributed by atoms with E-state index in [1.54, 1.807) is 12.1 Å². The fourth-order valence-electron chi connectivity index (χ4n) is 2.39. The number of nitrogens with one attached hydrogen (secondary N) is 2. The van der Waals surface area contributed by atoms with Gasteiger partial charge in [-0.25, -0.2) is 0 Å². The van der Waals surface area contributed by atoms with Crippen molar-refractivity contribution < 1.29 is 24.0 Å². The van der Waals surface area contributed by atoms with E-state index in [9.17, 15) is 19.7 Å². The molecular weight excluding hydrogens is 354 g/mol. The molecule has 0 aromatic heterocycles. The smallest absolute Gasteiger partial charge is 0.269 e. The summed E-state index contributed by atoms with van der Waals surface area (Å²) in [6, 6.07) is 10.4. The molecule has 0 saturated carbocycles. The quantitative estimate of drug-likeness (QED) is 0.566. The highest BCUT2D eigenvalue weighted by Gasteiger charge is 2.13. The summed E-state index contributed by atoms with van der Waals surface area (Å²) in [6.45, 7) is 0. The van der Waals surface area contributed by atoms with E-state index in [-0.39, 0.29) is 17.7 Å². The first-order chi connectivity index (χ1) is 13.0. The number of benzene rings is 2. The first kappa shape index (κ1) is 19.7. The number of non-ortho nitro benzene ring substituents is 1. The number of nitro groups is 1. The van der Waals surface area contributed by atoms with Gasteiger partial charge in [0.2, 0.25) is 5.91 Å². The van der Waals surface area contributed by atoms with Crippen LogP contribution in [-0.4, -0.2) is 31.0 Å². The zero-order valence-corrected chi connectivity index (χ0v) is 14.9. The predicted molar refractivity (Wildman–Crippen MR) is 96.6 cm³/mol. The third-order valence-corrected chi connectivity index (χ3v) is 3.76. The Hall–Kier alpha value is -3.62. The maximum absolute atomic E-state index is 12.0. The molecule has 2 N–H and O–H groups in total. The molecule has 9 nitrogen and oxygen atoms in total. The summed E-state index contributed by atoms with van der Waals surface area (Å²) < 4.78 is 10.5. The van der Waals surface area contributed by atoms with Gasteiger partial charge in [0.05, 0.1) is 19.1 Å². The number of aryl methyl sites for hydroxylation is 1. The van der Waals surface area contributed by atoms with Crippen LogP contribution in [0.15, 0.2) is 42.5 Å².